The highest BCUT2D eigenvalue weighted by Gasteiger charge is 2.09. The Morgan fingerprint density at radius 2 is 2.04 bits per heavy atom. The second-order valence-corrected chi connectivity index (χ2v) is 8.02. The molecule has 0 aliphatic heterocycles. The smallest absolute Gasteiger partial charge is 0.141 e. The van der Waals surface area contributed by atoms with E-state index < -0.39 is 0 Å². The average Bonchev–Trinajstić information content (AvgIpc) is 3.16. The number of nitrogens with zero attached hydrogens (tertiary/aromatic N) is 4. The van der Waals surface area contributed by atoms with Gasteiger partial charge in [-0.05, 0) is 77.7 Å². The summed E-state index contributed by atoms with van der Waals surface area (Å²) >= 11 is 4.98. The molecule has 28 heavy (non-hydrogen) atoms. The van der Waals surface area contributed by atoms with Gasteiger partial charge in [-0.2, -0.15) is 4.37 Å². The Morgan fingerprint density at radius 3 is 2.75 bits per heavy atom. The molecule has 3 aromatic rings. The fourth-order valence-corrected chi connectivity index (χ4v) is 3.51. The number of rotatable bonds is 7. The topological polar surface area (TPSA) is 53.4 Å². The van der Waals surface area contributed by atoms with E-state index in [4.69, 9.17) is 0 Å². The zero-order valence-corrected chi connectivity index (χ0v) is 18.3. The van der Waals surface area contributed by atoms with E-state index in [1.807, 2.05) is 31.0 Å². The highest BCUT2D eigenvalue weighted by Crippen LogP contribution is 2.29. The van der Waals surface area contributed by atoms with E-state index in [0.717, 1.165) is 44.4 Å². The molecule has 0 saturated carbocycles. The summed E-state index contributed by atoms with van der Waals surface area (Å²) in [4.78, 5) is 12.2. The number of hydrogen-bond donors (Lipinski definition) is 1. The first-order chi connectivity index (χ1) is 13.5. The molecular weight excluding hydrogens is 441 g/mol. The number of anilines is 1. The molecule has 0 unspecified atom stereocenters. The van der Waals surface area contributed by atoms with Crippen molar-refractivity contribution in [2.45, 2.75) is 20.4 Å². The van der Waals surface area contributed by atoms with Crippen LogP contribution in [0.25, 0.3) is 11.3 Å². The molecule has 0 aliphatic carbocycles. The fourth-order valence-electron chi connectivity index (χ4n) is 2.39. The van der Waals surface area contributed by atoms with Gasteiger partial charge in [-0.25, -0.2) is 14.4 Å². The van der Waals surface area contributed by atoms with Crippen LogP contribution in [0, 0.1) is 12.7 Å². The first-order valence-corrected chi connectivity index (χ1v) is 10.4. The summed E-state index contributed by atoms with van der Waals surface area (Å²) in [6.45, 7) is 5.51. The molecule has 2 heterocycles. The van der Waals surface area contributed by atoms with Gasteiger partial charge >= 0.3 is 0 Å². The van der Waals surface area contributed by atoms with Crippen molar-refractivity contribution in [2.75, 3.05) is 18.9 Å². The third-order valence-corrected chi connectivity index (χ3v) is 5.55. The highest BCUT2D eigenvalue weighted by molar-refractivity contribution is 9.10. The summed E-state index contributed by atoms with van der Waals surface area (Å²) in [5, 5.41) is 3.34. The number of halogens is 2. The van der Waals surface area contributed by atoms with Crippen LogP contribution in [0.2, 0.25) is 0 Å². The molecule has 0 amide bonds. The number of pyridine rings is 1. The van der Waals surface area contributed by atoms with Crippen LogP contribution < -0.4 is 5.32 Å². The minimum atomic E-state index is -0.249. The van der Waals surface area contributed by atoms with Gasteiger partial charge in [-0.15, -0.1) is 0 Å². The predicted molar refractivity (Wildman–Crippen MR) is 118 cm³/mol. The van der Waals surface area contributed by atoms with E-state index in [1.165, 1.54) is 23.7 Å². The van der Waals surface area contributed by atoms with E-state index in [1.54, 1.807) is 18.5 Å². The standard InChI is InChI=1S/C20H21BrFN5S/c1-4-27(3)12-24-18-10-17(21)20(25-13(18)2)23-11-16-9-19(26-28-16)14-5-7-15(22)8-6-14/h5-10,12H,4,11H2,1-3H3,(H,23,25). The molecule has 2 aromatic heterocycles. The maximum atomic E-state index is 13.1. The summed E-state index contributed by atoms with van der Waals surface area (Å²) in [6, 6.07) is 10.3. The van der Waals surface area contributed by atoms with Crippen LogP contribution in [0.15, 0.2) is 45.9 Å². The lowest BCUT2D eigenvalue weighted by molar-refractivity contribution is 0.552. The van der Waals surface area contributed by atoms with Crippen LogP contribution in [0.5, 0.6) is 0 Å². The number of nitrogens with one attached hydrogen (secondary N) is 1. The van der Waals surface area contributed by atoms with E-state index in [0.29, 0.717) is 6.54 Å². The number of aryl methyl sites for hydroxylation is 1. The molecule has 5 nitrogen and oxygen atoms in total. The predicted octanol–water partition coefficient (Wildman–Crippen LogP) is 5.64. The molecular formula is C20H21BrFN5S. The lowest BCUT2D eigenvalue weighted by Crippen LogP contribution is -2.14. The maximum Gasteiger partial charge on any atom is 0.141 e. The minimum Gasteiger partial charge on any atom is -0.366 e. The third kappa shape index (κ3) is 5.14. The van der Waals surface area contributed by atoms with Crippen LogP contribution in [-0.4, -0.2) is 34.2 Å². The molecule has 1 N–H and O–H groups in total. The molecule has 0 saturated heterocycles. The van der Waals surface area contributed by atoms with Crippen LogP contribution >= 0.6 is 27.5 Å². The zero-order valence-electron chi connectivity index (χ0n) is 15.9. The van der Waals surface area contributed by atoms with Crippen molar-refractivity contribution in [3.8, 4) is 11.3 Å². The second-order valence-electron chi connectivity index (χ2n) is 6.28. The zero-order chi connectivity index (χ0) is 20.1. The molecule has 0 spiro atoms. The Kier molecular flexibility index (Phi) is 6.74. The van der Waals surface area contributed by atoms with Crippen LogP contribution in [0.1, 0.15) is 17.5 Å². The van der Waals surface area contributed by atoms with Crippen LogP contribution in [-0.2, 0) is 6.54 Å². The van der Waals surface area contributed by atoms with Crippen molar-refractivity contribution in [3.63, 3.8) is 0 Å². The summed E-state index contributed by atoms with van der Waals surface area (Å²) in [5.74, 6) is 0.512. The largest absolute Gasteiger partial charge is 0.366 e. The highest BCUT2D eigenvalue weighted by atomic mass is 79.9. The lowest BCUT2D eigenvalue weighted by Gasteiger charge is -2.11. The lowest BCUT2D eigenvalue weighted by atomic mass is 10.1. The van der Waals surface area contributed by atoms with Crippen molar-refractivity contribution < 1.29 is 4.39 Å². The van der Waals surface area contributed by atoms with Gasteiger partial charge in [0.15, 0.2) is 0 Å². The first-order valence-electron chi connectivity index (χ1n) is 8.83. The SMILES string of the molecule is CCN(C)C=Nc1cc(Br)c(NCc2cc(-c3ccc(F)cc3)ns2)nc1C. The number of aliphatic imine (C=N–C) groups is 1. The third-order valence-electron chi connectivity index (χ3n) is 4.16. The summed E-state index contributed by atoms with van der Waals surface area (Å²) in [7, 11) is 1.98. The number of aromatic nitrogens is 2. The quantitative estimate of drug-likeness (QED) is 0.365. The summed E-state index contributed by atoms with van der Waals surface area (Å²) in [5.41, 5.74) is 3.42. The van der Waals surface area contributed by atoms with Crippen LogP contribution in [0.3, 0.4) is 0 Å². The molecule has 0 fully saturated rings. The van der Waals surface area contributed by atoms with Gasteiger partial charge in [-0.3, -0.25) is 0 Å². The molecule has 0 aliphatic rings. The number of benzene rings is 1. The monoisotopic (exact) mass is 461 g/mol. The summed E-state index contributed by atoms with van der Waals surface area (Å²) in [6.07, 6.45) is 1.80. The van der Waals surface area contributed by atoms with E-state index in [-0.39, 0.29) is 5.82 Å². The van der Waals surface area contributed by atoms with Gasteiger partial charge in [-0.1, -0.05) is 0 Å². The normalized spacial score (nSPS) is 11.2. The van der Waals surface area contributed by atoms with Gasteiger partial charge in [0.25, 0.3) is 0 Å². The Bertz CT molecular complexity index is 971. The molecule has 0 atom stereocenters. The van der Waals surface area contributed by atoms with Crippen molar-refractivity contribution in [1.29, 1.82) is 0 Å². The average molecular weight is 462 g/mol. The van der Waals surface area contributed by atoms with Crippen molar-refractivity contribution in [1.82, 2.24) is 14.3 Å². The Morgan fingerprint density at radius 1 is 1.29 bits per heavy atom. The van der Waals surface area contributed by atoms with Gasteiger partial charge in [0, 0.05) is 24.0 Å². The molecule has 0 radical (unpaired) electrons. The molecule has 1 aromatic carbocycles. The van der Waals surface area contributed by atoms with Crippen molar-refractivity contribution in [3.05, 3.63) is 57.3 Å². The van der Waals surface area contributed by atoms with Gasteiger partial charge in [0.1, 0.15) is 11.6 Å². The van der Waals surface area contributed by atoms with Crippen LogP contribution in [0.4, 0.5) is 15.9 Å². The Labute approximate surface area is 176 Å². The fraction of sp³-hybridized carbons (Fsp3) is 0.250. The molecule has 146 valence electrons. The van der Waals surface area contributed by atoms with Gasteiger partial charge in [0.2, 0.25) is 0 Å². The van der Waals surface area contributed by atoms with Crippen molar-refractivity contribution >= 4 is 45.3 Å². The minimum absolute atomic E-state index is 0.249. The summed E-state index contributed by atoms with van der Waals surface area (Å²) < 4.78 is 18.4. The Balaban J connectivity index is 1.68. The molecule has 0 bridgehead atoms. The number of hydrogen-bond acceptors (Lipinski definition) is 5. The van der Waals surface area contributed by atoms with Gasteiger partial charge < -0.3 is 10.2 Å². The van der Waals surface area contributed by atoms with E-state index in [2.05, 4.69) is 42.5 Å². The maximum absolute atomic E-state index is 13.1. The van der Waals surface area contributed by atoms with Gasteiger partial charge in [0.05, 0.1) is 34.4 Å². The van der Waals surface area contributed by atoms with E-state index in [9.17, 15) is 4.39 Å². The molecule has 8 heteroatoms. The first kappa shape index (κ1) is 20.4. The second kappa shape index (κ2) is 9.25. The van der Waals surface area contributed by atoms with Crippen molar-refractivity contribution in [2.24, 2.45) is 4.99 Å². The molecule has 3 rings (SSSR count). The Hall–Kier alpha value is -2.32. The van der Waals surface area contributed by atoms with E-state index >= 15 is 0 Å².